The normalized spacial score (nSPS) is 18.3. The third kappa shape index (κ3) is 3.95. The average molecular weight is 334 g/mol. The molecule has 0 bridgehead atoms. The first-order chi connectivity index (χ1) is 12.4. The van der Waals surface area contributed by atoms with E-state index < -0.39 is 0 Å². The van der Waals surface area contributed by atoms with Crippen LogP contribution in [0.15, 0.2) is 60.9 Å². The number of aromatic nitrogens is 2. The quantitative estimate of drug-likeness (QED) is 0.777. The number of ether oxygens (including phenoxy) is 1. The fourth-order valence-corrected chi connectivity index (χ4v) is 3.25. The van der Waals surface area contributed by atoms with E-state index in [1.165, 1.54) is 5.56 Å². The number of hydrogen-bond acceptors (Lipinski definition) is 5. The molecule has 128 valence electrons. The number of anilines is 1. The predicted molar refractivity (Wildman–Crippen MR) is 99.5 cm³/mol. The van der Waals surface area contributed by atoms with Gasteiger partial charge in [0.05, 0.1) is 18.2 Å². The van der Waals surface area contributed by atoms with E-state index in [2.05, 4.69) is 50.5 Å². The second-order valence-electron chi connectivity index (χ2n) is 6.33. The lowest BCUT2D eigenvalue weighted by Crippen LogP contribution is -2.44. The molecule has 5 heteroatoms. The maximum Gasteiger partial charge on any atom is 0.137 e. The SMILES string of the molecule is c1ccc(CN2CCOC(CNc3ncnc4ccccc34)C2)cc1. The highest BCUT2D eigenvalue weighted by molar-refractivity contribution is 5.88. The first-order valence-corrected chi connectivity index (χ1v) is 8.70. The van der Waals surface area contributed by atoms with Crippen molar-refractivity contribution in [1.29, 1.82) is 0 Å². The number of nitrogens with zero attached hydrogens (tertiary/aromatic N) is 3. The Hall–Kier alpha value is -2.50. The molecule has 25 heavy (non-hydrogen) atoms. The minimum atomic E-state index is 0.159. The molecule has 0 amide bonds. The zero-order valence-electron chi connectivity index (χ0n) is 14.1. The molecule has 1 aliphatic heterocycles. The molecule has 1 fully saturated rings. The number of hydrogen-bond donors (Lipinski definition) is 1. The van der Waals surface area contributed by atoms with Gasteiger partial charge >= 0.3 is 0 Å². The largest absolute Gasteiger partial charge is 0.374 e. The summed E-state index contributed by atoms with van der Waals surface area (Å²) in [5, 5.41) is 4.48. The molecule has 2 heterocycles. The van der Waals surface area contributed by atoms with E-state index in [0.29, 0.717) is 0 Å². The Morgan fingerprint density at radius 2 is 1.88 bits per heavy atom. The standard InChI is InChI=1S/C20H22N4O/c1-2-6-16(7-3-1)13-24-10-11-25-17(14-24)12-21-20-18-8-4-5-9-19(18)22-15-23-20/h1-9,15,17H,10-14H2,(H,21,22,23). The van der Waals surface area contributed by atoms with Crippen molar-refractivity contribution >= 4 is 16.7 Å². The van der Waals surface area contributed by atoms with Gasteiger partial charge in [0.25, 0.3) is 0 Å². The van der Waals surface area contributed by atoms with E-state index in [1.807, 2.05) is 24.3 Å². The Balaban J connectivity index is 1.37. The Kier molecular flexibility index (Phi) is 4.86. The van der Waals surface area contributed by atoms with E-state index in [4.69, 9.17) is 4.74 Å². The van der Waals surface area contributed by atoms with Crippen molar-refractivity contribution < 1.29 is 4.74 Å². The monoisotopic (exact) mass is 334 g/mol. The Bertz CT molecular complexity index is 819. The second-order valence-corrected chi connectivity index (χ2v) is 6.33. The van der Waals surface area contributed by atoms with Gasteiger partial charge in [0, 0.05) is 31.6 Å². The van der Waals surface area contributed by atoms with Gasteiger partial charge in [-0.15, -0.1) is 0 Å². The highest BCUT2D eigenvalue weighted by Gasteiger charge is 2.20. The maximum absolute atomic E-state index is 5.93. The van der Waals surface area contributed by atoms with Crippen molar-refractivity contribution in [2.75, 3.05) is 31.6 Å². The zero-order valence-corrected chi connectivity index (χ0v) is 14.1. The van der Waals surface area contributed by atoms with Gasteiger partial charge in [0.2, 0.25) is 0 Å². The molecule has 1 unspecified atom stereocenters. The van der Waals surface area contributed by atoms with E-state index in [0.717, 1.165) is 49.5 Å². The van der Waals surface area contributed by atoms with Gasteiger partial charge in [0.15, 0.2) is 0 Å². The molecule has 0 radical (unpaired) electrons. The van der Waals surface area contributed by atoms with Gasteiger partial charge in [-0.1, -0.05) is 42.5 Å². The Morgan fingerprint density at radius 1 is 1.04 bits per heavy atom. The minimum absolute atomic E-state index is 0.159. The van der Waals surface area contributed by atoms with Gasteiger partial charge in [0.1, 0.15) is 12.1 Å². The lowest BCUT2D eigenvalue weighted by Gasteiger charge is -2.33. The van der Waals surface area contributed by atoms with E-state index in [9.17, 15) is 0 Å². The summed E-state index contributed by atoms with van der Waals surface area (Å²) in [7, 11) is 0. The summed E-state index contributed by atoms with van der Waals surface area (Å²) < 4.78 is 5.93. The number of fused-ring (bicyclic) bond motifs is 1. The molecule has 1 N–H and O–H groups in total. The van der Waals surface area contributed by atoms with Crippen molar-refractivity contribution in [3.8, 4) is 0 Å². The van der Waals surface area contributed by atoms with Crippen LogP contribution in [0.5, 0.6) is 0 Å². The zero-order chi connectivity index (χ0) is 16.9. The molecule has 1 aliphatic rings. The van der Waals surface area contributed by atoms with Gasteiger partial charge in [-0.2, -0.15) is 0 Å². The molecule has 3 aromatic rings. The summed E-state index contributed by atoms with van der Waals surface area (Å²) in [6.07, 6.45) is 1.76. The summed E-state index contributed by atoms with van der Waals surface area (Å²) in [6, 6.07) is 18.6. The first-order valence-electron chi connectivity index (χ1n) is 8.70. The second kappa shape index (κ2) is 7.59. The van der Waals surface area contributed by atoms with Crippen LogP contribution in [-0.2, 0) is 11.3 Å². The minimum Gasteiger partial charge on any atom is -0.374 e. The number of rotatable bonds is 5. The third-order valence-electron chi connectivity index (χ3n) is 4.51. The Morgan fingerprint density at radius 3 is 2.80 bits per heavy atom. The molecular formula is C20H22N4O. The average Bonchev–Trinajstić information content (AvgIpc) is 2.67. The van der Waals surface area contributed by atoms with Crippen LogP contribution >= 0.6 is 0 Å². The van der Waals surface area contributed by atoms with Crippen molar-refractivity contribution in [3.63, 3.8) is 0 Å². The van der Waals surface area contributed by atoms with Crippen molar-refractivity contribution in [1.82, 2.24) is 14.9 Å². The molecule has 1 atom stereocenters. The fraction of sp³-hybridized carbons (Fsp3) is 0.300. The fourth-order valence-electron chi connectivity index (χ4n) is 3.25. The van der Waals surface area contributed by atoms with Crippen LogP contribution in [0, 0.1) is 0 Å². The summed E-state index contributed by atoms with van der Waals surface area (Å²) >= 11 is 0. The molecule has 2 aromatic carbocycles. The maximum atomic E-state index is 5.93. The van der Waals surface area contributed by atoms with Crippen LogP contribution in [0.4, 0.5) is 5.82 Å². The molecule has 0 spiro atoms. The number of morpholine rings is 1. The number of para-hydroxylation sites is 1. The van der Waals surface area contributed by atoms with Crippen LogP contribution < -0.4 is 5.32 Å². The number of benzene rings is 2. The number of nitrogens with one attached hydrogen (secondary N) is 1. The summed E-state index contributed by atoms with van der Waals surface area (Å²) in [4.78, 5) is 11.1. The van der Waals surface area contributed by atoms with E-state index in [-0.39, 0.29) is 6.10 Å². The van der Waals surface area contributed by atoms with Crippen LogP contribution in [0.3, 0.4) is 0 Å². The molecule has 1 saturated heterocycles. The summed E-state index contributed by atoms with van der Waals surface area (Å²) in [6.45, 7) is 4.37. The summed E-state index contributed by atoms with van der Waals surface area (Å²) in [5.41, 5.74) is 2.30. The van der Waals surface area contributed by atoms with E-state index in [1.54, 1.807) is 6.33 Å². The first kappa shape index (κ1) is 16.0. The Labute approximate surface area is 147 Å². The van der Waals surface area contributed by atoms with Crippen molar-refractivity contribution in [2.45, 2.75) is 12.6 Å². The summed E-state index contributed by atoms with van der Waals surface area (Å²) in [5.74, 6) is 0.870. The molecule has 1 aromatic heterocycles. The predicted octanol–water partition coefficient (Wildman–Crippen LogP) is 2.94. The third-order valence-corrected chi connectivity index (χ3v) is 4.51. The van der Waals surface area contributed by atoms with Gasteiger partial charge in [-0.25, -0.2) is 9.97 Å². The van der Waals surface area contributed by atoms with Crippen LogP contribution in [0.2, 0.25) is 0 Å². The molecule has 0 aliphatic carbocycles. The smallest absolute Gasteiger partial charge is 0.137 e. The molecule has 4 rings (SSSR count). The lowest BCUT2D eigenvalue weighted by atomic mass is 10.2. The lowest BCUT2D eigenvalue weighted by molar-refractivity contribution is -0.0240. The van der Waals surface area contributed by atoms with Crippen LogP contribution in [-0.4, -0.2) is 47.2 Å². The van der Waals surface area contributed by atoms with Gasteiger partial charge in [-0.3, -0.25) is 4.90 Å². The molecular weight excluding hydrogens is 312 g/mol. The topological polar surface area (TPSA) is 50.3 Å². The van der Waals surface area contributed by atoms with Gasteiger partial charge < -0.3 is 10.1 Å². The highest BCUT2D eigenvalue weighted by atomic mass is 16.5. The molecule has 5 nitrogen and oxygen atoms in total. The van der Waals surface area contributed by atoms with Crippen molar-refractivity contribution in [3.05, 3.63) is 66.5 Å². The molecule has 0 saturated carbocycles. The van der Waals surface area contributed by atoms with Crippen LogP contribution in [0.1, 0.15) is 5.56 Å². The van der Waals surface area contributed by atoms with Crippen molar-refractivity contribution in [2.24, 2.45) is 0 Å². The highest BCUT2D eigenvalue weighted by Crippen LogP contribution is 2.19. The van der Waals surface area contributed by atoms with Crippen LogP contribution in [0.25, 0.3) is 10.9 Å². The van der Waals surface area contributed by atoms with E-state index >= 15 is 0 Å². The van der Waals surface area contributed by atoms with Gasteiger partial charge in [-0.05, 0) is 17.7 Å².